The second kappa shape index (κ2) is 10.0. The van der Waals surface area contributed by atoms with Crippen molar-refractivity contribution in [1.82, 2.24) is 19.7 Å². The number of aryl methyl sites for hydroxylation is 2. The number of hydrogen-bond acceptors (Lipinski definition) is 5. The summed E-state index contributed by atoms with van der Waals surface area (Å²) in [6, 6.07) is 16.1. The van der Waals surface area contributed by atoms with E-state index in [0.717, 1.165) is 42.5 Å². The van der Waals surface area contributed by atoms with Crippen LogP contribution >= 0.6 is 11.8 Å². The van der Waals surface area contributed by atoms with Gasteiger partial charge in [-0.25, -0.2) is 0 Å². The van der Waals surface area contributed by atoms with Gasteiger partial charge in [0.1, 0.15) is 12.1 Å². The summed E-state index contributed by atoms with van der Waals surface area (Å²) in [6.07, 6.45) is 3.80. The zero-order valence-electron chi connectivity index (χ0n) is 18.0. The molecule has 1 aromatic heterocycles. The van der Waals surface area contributed by atoms with E-state index in [9.17, 15) is 4.79 Å². The van der Waals surface area contributed by atoms with Crippen molar-refractivity contribution in [2.75, 3.05) is 25.4 Å². The van der Waals surface area contributed by atoms with Crippen LogP contribution in [0.3, 0.4) is 0 Å². The fraction of sp³-hybridized carbons (Fsp3) is 0.375. The van der Waals surface area contributed by atoms with Crippen molar-refractivity contribution in [3.8, 4) is 11.4 Å². The topological polar surface area (TPSA) is 60.2 Å². The molecule has 1 amide bonds. The van der Waals surface area contributed by atoms with Gasteiger partial charge < -0.3 is 9.64 Å². The molecule has 1 aliphatic rings. The van der Waals surface area contributed by atoms with Gasteiger partial charge in [-0.1, -0.05) is 36.0 Å². The summed E-state index contributed by atoms with van der Waals surface area (Å²) in [4.78, 5) is 14.8. The minimum Gasteiger partial charge on any atom is -0.493 e. The number of likely N-dealkylation sites (tertiary alicyclic amines) is 1. The van der Waals surface area contributed by atoms with Gasteiger partial charge in [0.2, 0.25) is 5.91 Å². The molecule has 1 saturated heterocycles. The lowest BCUT2D eigenvalue weighted by Crippen LogP contribution is -2.42. The van der Waals surface area contributed by atoms with Crippen LogP contribution in [0.4, 0.5) is 0 Å². The number of thioether (sulfide) groups is 1. The lowest BCUT2D eigenvalue weighted by molar-refractivity contribution is -0.130. The Morgan fingerprint density at radius 1 is 1.16 bits per heavy atom. The van der Waals surface area contributed by atoms with Gasteiger partial charge in [-0.2, -0.15) is 0 Å². The van der Waals surface area contributed by atoms with Crippen LogP contribution in [0.15, 0.2) is 60.0 Å². The van der Waals surface area contributed by atoms with Crippen LogP contribution < -0.4 is 4.74 Å². The third kappa shape index (κ3) is 5.47. The van der Waals surface area contributed by atoms with Gasteiger partial charge in [-0.3, -0.25) is 9.36 Å². The lowest BCUT2D eigenvalue weighted by Gasteiger charge is -2.32. The minimum absolute atomic E-state index is 0.143. The summed E-state index contributed by atoms with van der Waals surface area (Å²) >= 11 is 1.44. The van der Waals surface area contributed by atoms with E-state index in [-0.39, 0.29) is 5.91 Å². The Morgan fingerprint density at radius 2 is 2.00 bits per heavy atom. The van der Waals surface area contributed by atoms with Crippen LogP contribution in [0, 0.1) is 19.8 Å². The molecular formula is C24H28N4O2S. The van der Waals surface area contributed by atoms with Gasteiger partial charge in [0.15, 0.2) is 5.16 Å². The Bertz CT molecular complexity index is 1020. The number of amides is 1. The largest absolute Gasteiger partial charge is 0.493 e. The summed E-state index contributed by atoms with van der Waals surface area (Å²) in [6.45, 7) is 6.38. The average molecular weight is 437 g/mol. The Kier molecular flexibility index (Phi) is 6.92. The molecule has 1 atom stereocenters. The number of piperidine rings is 1. The van der Waals surface area contributed by atoms with Crippen molar-refractivity contribution >= 4 is 17.7 Å². The van der Waals surface area contributed by atoms with Gasteiger partial charge in [0.05, 0.1) is 12.4 Å². The molecule has 31 heavy (non-hydrogen) atoms. The second-order valence-electron chi connectivity index (χ2n) is 8.01. The summed E-state index contributed by atoms with van der Waals surface area (Å²) in [5.74, 6) is 1.74. The molecule has 1 fully saturated rings. The Morgan fingerprint density at radius 3 is 2.81 bits per heavy atom. The Hall–Kier alpha value is -2.80. The minimum atomic E-state index is 0.143. The molecule has 2 heterocycles. The molecule has 1 unspecified atom stereocenters. The zero-order valence-corrected chi connectivity index (χ0v) is 18.8. The SMILES string of the molecule is Cc1ccc(-n2cnnc2SCC(=O)N2CCCC(COc3ccccc3)C2)cc1C. The molecule has 0 spiro atoms. The molecule has 0 bridgehead atoms. The maximum atomic E-state index is 12.9. The zero-order chi connectivity index (χ0) is 21.6. The average Bonchev–Trinajstić information content (AvgIpc) is 3.27. The van der Waals surface area contributed by atoms with Crippen LogP contribution in [0.1, 0.15) is 24.0 Å². The van der Waals surface area contributed by atoms with E-state index in [0.29, 0.717) is 18.3 Å². The van der Waals surface area contributed by atoms with E-state index < -0.39 is 0 Å². The standard InChI is InChI=1S/C24H28N4O2S/c1-18-10-11-21(13-19(18)2)28-17-25-26-24(28)31-16-23(29)27-12-6-7-20(14-27)15-30-22-8-4-3-5-9-22/h3-5,8-11,13,17,20H,6-7,12,14-16H2,1-2H3. The molecule has 0 N–H and O–H groups in total. The molecule has 0 saturated carbocycles. The highest BCUT2D eigenvalue weighted by atomic mass is 32.2. The maximum Gasteiger partial charge on any atom is 0.233 e. The molecule has 4 rings (SSSR count). The van der Waals surface area contributed by atoms with Crippen molar-refractivity contribution in [3.63, 3.8) is 0 Å². The van der Waals surface area contributed by atoms with Gasteiger partial charge in [-0.15, -0.1) is 10.2 Å². The first-order valence-electron chi connectivity index (χ1n) is 10.7. The molecule has 1 aliphatic heterocycles. The number of carbonyl (C=O) groups is 1. The van der Waals surface area contributed by atoms with Crippen LogP contribution in [-0.2, 0) is 4.79 Å². The molecule has 7 heteroatoms. The molecule has 6 nitrogen and oxygen atoms in total. The first-order chi connectivity index (χ1) is 15.1. The monoisotopic (exact) mass is 436 g/mol. The van der Waals surface area contributed by atoms with Gasteiger partial charge >= 0.3 is 0 Å². The summed E-state index contributed by atoms with van der Waals surface area (Å²) in [5.41, 5.74) is 3.48. The Labute approximate surface area is 187 Å². The number of benzene rings is 2. The van der Waals surface area contributed by atoms with Gasteiger partial charge in [0, 0.05) is 24.7 Å². The third-order valence-corrected chi connectivity index (χ3v) is 6.64. The smallest absolute Gasteiger partial charge is 0.233 e. The number of rotatable bonds is 7. The van der Waals surface area contributed by atoms with E-state index in [1.54, 1.807) is 6.33 Å². The van der Waals surface area contributed by atoms with Gasteiger partial charge in [0.25, 0.3) is 0 Å². The van der Waals surface area contributed by atoms with Crippen LogP contribution in [0.25, 0.3) is 5.69 Å². The quantitative estimate of drug-likeness (QED) is 0.517. The fourth-order valence-corrected chi connectivity index (χ4v) is 4.58. The van der Waals surface area contributed by atoms with E-state index in [4.69, 9.17) is 4.74 Å². The van der Waals surface area contributed by atoms with Gasteiger partial charge in [-0.05, 0) is 62.1 Å². The maximum absolute atomic E-state index is 12.9. The highest BCUT2D eigenvalue weighted by Gasteiger charge is 2.24. The van der Waals surface area contributed by atoms with Crippen LogP contribution in [0.2, 0.25) is 0 Å². The van der Waals surface area contributed by atoms with Crippen LogP contribution in [-0.4, -0.2) is 51.0 Å². The second-order valence-corrected chi connectivity index (χ2v) is 8.96. The summed E-state index contributed by atoms with van der Waals surface area (Å²) in [5, 5.41) is 9.02. The molecule has 162 valence electrons. The number of aromatic nitrogens is 3. The van der Waals surface area contributed by atoms with Crippen molar-refractivity contribution in [1.29, 1.82) is 0 Å². The third-order valence-electron chi connectivity index (χ3n) is 5.71. The number of hydrogen-bond donors (Lipinski definition) is 0. The van der Waals surface area contributed by atoms with Crippen molar-refractivity contribution in [2.24, 2.45) is 5.92 Å². The molecule has 0 aliphatic carbocycles. The van der Waals surface area contributed by atoms with E-state index >= 15 is 0 Å². The highest BCUT2D eigenvalue weighted by molar-refractivity contribution is 7.99. The number of ether oxygens (including phenoxy) is 1. The van der Waals surface area contributed by atoms with Crippen molar-refractivity contribution < 1.29 is 9.53 Å². The Balaban J connectivity index is 1.32. The predicted molar refractivity (Wildman–Crippen MR) is 123 cm³/mol. The van der Waals surface area contributed by atoms with E-state index in [2.05, 4.69) is 42.2 Å². The summed E-state index contributed by atoms with van der Waals surface area (Å²) < 4.78 is 7.85. The molecule has 2 aromatic carbocycles. The number of carbonyl (C=O) groups excluding carboxylic acids is 1. The summed E-state index contributed by atoms with van der Waals surface area (Å²) in [7, 11) is 0. The number of para-hydroxylation sites is 1. The van der Waals surface area contributed by atoms with Crippen molar-refractivity contribution in [3.05, 3.63) is 66.0 Å². The molecule has 0 radical (unpaired) electrons. The molecule has 3 aromatic rings. The lowest BCUT2D eigenvalue weighted by atomic mass is 9.99. The first-order valence-corrected chi connectivity index (χ1v) is 11.6. The highest BCUT2D eigenvalue weighted by Crippen LogP contribution is 2.23. The fourth-order valence-electron chi connectivity index (χ4n) is 3.75. The van der Waals surface area contributed by atoms with E-state index in [1.807, 2.05) is 39.8 Å². The van der Waals surface area contributed by atoms with Crippen molar-refractivity contribution in [2.45, 2.75) is 31.8 Å². The van der Waals surface area contributed by atoms with E-state index in [1.165, 1.54) is 22.9 Å². The predicted octanol–water partition coefficient (Wildman–Crippen LogP) is 4.29. The number of nitrogens with zero attached hydrogens (tertiary/aromatic N) is 4. The molecular weight excluding hydrogens is 408 g/mol. The van der Waals surface area contributed by atoms with Crippen LogP contribution in [0.5, 0.6) is 5.75 Å². The normalized spacial score (nSPS) is 16.3. The first kappa shape index (κ1) is 21.4.